The van der Waals surface area contributed by atoms with Gasteiger partial charge in [-0.25, -0.2) is 13.2 Å². The average Bonchev–Trinajstić information content (AvgIpc) is 2.53. The Labute approximate surface area is 146 Å². The van der Waals surface area contributed by atoms with Gasteiger partial charge in [0.15, 0.2) is 9.84 Å². The molecule has 0 aliphatic carbocycles. The maximum absolute atomic E-state index is 12.0. The van der Waals surface area contributed by atoms with E-state index >= 15 is 0 Å². The summed E-state index contributed by atoms with van der Waals surface area (Å²) < 4.78 is 23.2. The number of nitro benzene ring substituents is 1. The first-order valence-electron chi connectivity index (χ1n) is 7.88. The predicted molar refractivity (Wildman–Crippen MR) is 93.7 cm³/mol. The molecule has 1 N–H and O–H groups in total. The number of piperazine rings is 1. The lowest BCUT2D eigenvalue weighted by atomic mass is 10.2. The summed E-state index contributed by atoms with van der Waals surface area (Å²) in [6, 6.07) is 3.79. The summed E-state index contributed by atoms with van der Waals surface area (Å²) in [6.45, 7) is 5.49. The molecule has 2 rings (SSSR count). The quantitative estimate of drug-likeness (QED) is 0.630. The van der Waals surface area contributed by atoms with Gasteiger partial charge in [-0.05, 0) is 26.0 Å². The van der Waals surface area contributed by atoms with Gasteiger partial charge in [0.2, 0.25) is 0 Å². The largest absolute Gasteiger partial charge is 0.362 e. The molecule has 1 aliphatic rings. The van der Waals surface area contributed by atoms with Crippen molar-refractivity contribution in [1.82, 2.24) is 10.2 Å². The van der Waals surface area contributed by atoms with Crippen LogP contribution in [0, 0.1) is 10.1 Å². The highest BCUT2D eigenvalue weighted by atomic mass is 32.2. The number of amides is 2. The molecule has 0 unspecified atom stereocenters. The Bertz CT molecular complexity index is 770. The second kappa shape index (κ2) is 7.26. The average molecular weight is 370 g/mol. The summed E-state index contributed by atoms with van der Waals surface area (Å²) in [5, 5.41) is 14.2. The second-order valence-corrected chi connectivity index (χ2v) is 8.27. The first kappa shape index (κ1) is 19.0. The van der Waals surface area contributed by atoms with Crippen molar-refractivity contribution in [3.63, 3.8) is 0 Å². The van der Waals surface area contributed by atoms with E-state index in [1.165, 1.54) is 12.1 Å². The minimum absolute atomic E-state index is 0.0372. The van der Waals surface area contributed by atoms with Crippen LogP contribution in [0.3, 0.4) is 0 Å². The van der Waals surface area contributed by atoms with E-state index < -0.39 is 14.8 Å². The van der Waals surface area contributed by atoms with Gasteiger partial charge in [0.1, 0.15) is 5.69 Å². The van der Waals surface area contributed by atoms with Crippen molar-refractivity contribution in [3.8, 4) is 0 Å². The van der Waals surface area contributed by atoms with Gasteiger partial charge in [-0.1, -0.05) is 0 Å². The first-order valence-corrected chi connectivity index (χ1v) is 9.77. The molecule has 0 bridgehead atoms. The molecule has 0 radical (unpaired) electrons. The molecule has 0 spiro atoms. The third kappa shape index (κ3) is 4.59. The smallest absolute Gasteiger partial charge is 0.317 e. The van der Waals surface area contributed by atoms with E-state index in [2.05, 4.69) is 5.32 Å². The number of nitrogens with zero attached hydrogens (tertiary/aromatic N) is 3. The van der Waals surface area contributed by atoms with Crippen molar-refractivity contribution < 1.29 is 18.1 Å². The van der Waals surface area contributed by atoms with E-state index in [1.807, 2.05) is 13.8 Å². The van der Waals surface area contributed by atoms with Crippen LogP contribution in [0.15, 0.2) is 23.1 Å². The van der Waals surface area contributed by atoms with Gasteiger partial charge in [0.05, 0.1) is 9.82 Å². The van der Waals surface area contributed by atoms with Crippen LogP contribution in [0.5, 0.6) is 0 Å². The lowest BCUT2D eigenvalue weighted by Gasteiger charge is -2.36. The van der Waals surface area contributed by atoms with E-state index in [9.17, 15) is 23.3 Å². The molecule has 0 aromatic heterocycles. The molecule has 138 valence electrons. The standard InChI is InChI=1S/C15H22N4O5S/c1-11(2)16-15(20)18-8-6-17(7-9-18)13-5-4-12(25(3,23)24)10-14(13)19(21)22/h4-5,10-11H,6-9H2,1-3H3,(H,16,20). The Morgan fingerprint density at radius 2 is 1.84 bits per heavy atom. The van der Waals surface area contributed by atoms with Crippen molar-refractivity contribution >= 4 is 27.2 Å². The Morgan fingerprint density at radius 3 is 2.32 bits per heavy atom. The van der Waals surface area contributed by atoms with Gasteiger partial charge < -0.3 is 15.1 Å². The van der Waals surface area contributed by atoms with Crippen LogP contribution in [0.2, 0.25) is 0 Å². The van der Waals surface area contributed by atoms with Crippen LogP contribution in [-0.2, 0) is 9.84 Å². The van der Waals surface area contributed by atoms with Crippen molar-refractivity contribution in [2.24, 2.45) is 0 Å². The van der Waals surface area contributed by atoms with Crippen LogP contribution < -0.4 is 10.2 Å². The van der Waals surface area contributed by atoms with Crippen molar-refractivity contribution in [2.45, 2.75) is 24.8 Å². The van der Waals surface area contributed by atoms with Gasteiger partial charge in [-0.15, -0.1) is 0 Å². The van der Waals surface area contributed by atoms with Gasteiger partial charge >= 0.3 is 6.03 Å². The number of hydrogen-bond donors (Lipinski definition) is 1. The molecule has 1 heterocycles. The molecule has 1 saturated heterocycles. The zero-order valence-corrected chi connectivity index (χ0v) is 15.2. The Kier molecular flexibility index (Phi) is 5.51. The number of sulfone groups is 1. The SMILES string of the molecule is CC(C)NC(=O)N1CCN(c2ccc(S(C)(=O)=O)cc2[N+](=O)[O-])CC1. The molecular formula is C15H22N4O5S. The maximum atomic E-state index is 12.0. The Morgan fingerprint density at radius 1 is 1.24 bits per heavy atom. The summed E-state index contributed by atoms with van der Waals surface area (Å²) in [5.41, 5.74) is 0.115. The molecule has 2 amide bonds. The fourth-order valence-electron chi connectivity index (χ4n) is 2.64. The van der Waals surface area contributed by atoms with Gasteiger partial charge in [-0.3, -0.25) is 10.1 Å². The summed E-state index contributed by atoms with van der Waals surface area (Å²) in [6.07, 6.45) is 1.01. The number of carbonyl (C=O) groups excluding carboxylic acids is 1. The second-order valence-electron chi connectivity index (χ2n) is 6.26. The van der Waals surface area contributed by atoms with E-state index in [-0.39, 0.29) is 22.7 Å². The van der Waals surface area contributed by atoms with Crippen molar-refractivity contribution in [1.29, 1.82) is 0 Å². The van der Waals surface area contributed by atoms with Crippen LogP contribution in [0.4, 0.5) is 16.2 Å². The molecule has 25 heavy (non-hydrogen) atoms. The number of hydrogen-bond acceptors (Lipinski definition) is 6. The Balaban J connectivity index is 2.18. The minimum Gasteiger partial charge on any atom is -0.362 e. The number of nitro groups is 1. The van der Waals surface area contributed by atoms with Gasteiger partial charge in [0, 0.05) is 44.5 Å². The highest BCUT2D eigenvalue weighted by Gasteiger charge is 2.27. The van der Waals surface area contributed by atoms with Crippen molar-refractivity contribution in [3.05, 3.63) is 28.3 Å². The number of rotatable bonds is 4. The number of anilines is 1. The van der Waals surface area contributed by atoms with E-state index in [0.29, 0.717) is 31.9 Å². The van der Waals surface area contributed by atoms with E-state index in [0.717, 1.165) is 12.3 Å². The molecule has 1 fully saturated rings. The third-order valence-electron chi connectivity index (χ3n) is 3.89. The number of nitrogens with one attached hydrogen (secondary N) is 1. The lowest BCUT2D eigenvalue weighted by molar-refractivity contribution is -0.384. The van der Waals surface area contributed by atoms with Gasteiger partial charge in [-0.2, -0.15) is 0 Å². The summed E-state index contributed by atoms with van der Waals surface area (Å²) in [4.78, 5) is 26.1. The zero-order chi connectivity index (χ0) is 18.8. The summed E-state index contributed by atoms with van der Waals surface area (Å²) in [5.74, 6) is 0. The molecule has 1 aromatic carbocycles. The molecule has 0 atom stereocenters. The molecule has 9 nitrogen and oxygen atoms in total. The maximum Gasteiger partial charge on any atom is 0.317 e. The van der Waals surface area contributed by atoms with Crippen LogP contribution >= 0.6 is 0 Å². The number of urea groups is 1. The summed E-state index contributed by atoms with van der Waals surface area (Å²) in [7, 11) is -3.52. The van der Waals surface area contributed by atoms with Crippen LogP contribution in [0.25, 0.3) is 0 Å². The Hall–Kier alpha value is -2.36. The molecule has 10 heteroatoms. The number of benzene rings is 1. The molecule has 1 aromatic rings. The fraction of sp³-hybridized carbons (Fsp3) is 0.533. The third-order valence-corrected chi connectivity index (χ3v) is 5.00. The van der Waals surface area contributed by atoms with Crippen LogP contribution in [-0.4, -0.2) is 62.7 Å². The normalized spacial score (nSPS) is 15.4. The molecule has 1 aliphatic heterocycles. The lowest BCUT2D eigenvalue weighted by Crippen LogP contribution is -2.53. The van der Waals surface area contributed by atoms with E-state index in [4.69, 9.17) is 0 Å². The highest BCUT2D eigenvalue weighted by molar-refractivity contribution is 7.90. The topological polar surface area (TPSA) is 113 Å². The number of carbonyl (C=O) groups is 1. The highest BCUT2D eigenvalue weighted by Crippen LogP contribution is 2.31. The molecular weight excluding hydrogens is 348 g/mol. The predicted octanol–water partition coefficient (Wildman–Crippen LogP) is 1.24. The van der Waals surface area contributed by atoms with Gasteiger partial charge in [0.25, 0.3) is 5.69 Å². The fourth-order valence-corrected chi connectivity index (χ4v) is 3.28. The van der Waals surface area contributed by atoms with Crippen molar-refractivity contribution in [2.75, 3.05) is 37.3 Å². The molecule has 0 saturated carbocycles. The zero-order valence-electron chi connectivity index (χ0n) is 14.4. The minimum atomic E-state index is -3.52. The monoisotopic (exact) mass is 370 g/mol. The first-order chi connectivity index (χ1) is 11.6. The van der Waals surface area contributed by atoms with Crippen LogP contribution in [0.1, 0.15) is 13.8 Å². The van der Waals surface area contributed by atoms with E-state index in [1.54, 1.807) is 9.80 Å². The summed E-state index contributed by atoms with van der Waals surface area (Å²) >= 11 is 0.